The SMILES string of the molecule is C=CCNC(=O)CN1CCN(CC(=O)c2c(C)[nH]c3ccccc23)CC1. The quantitative estimate of drug-likeness (QED) is 0.585. The summed E-state index contributed by atoms with van der Waals surface area (Å²) < 4.78 is 0. The lowest BCUT2D eigenvalue weighted by atomic mass is 10.1. The van der Waals surface area contributed by atoms with E-state index < -0.39 is 0 Å². The predicted molar refractivity (Wildman–Crippen MR) is 103 cm³/mol. The van der Waals surface area contributed by atoms with Crippen LogP contribution in [0.4, 0.5) is 0 Å². The van der Waals surface area contributed by atoms with E-state index in [-0.39, 0.29) is 11.7 Å². The standard InChI is InChI=1S/C20H26N4O2/c1-3-8-21-19(26)14-24-11-9-23(10-12-24)13-18(25)20-15(2)22-17-7-5-4-6-16(17)20/h3-7,22H,1,8-14H2,2H3,(H,21,26). The Morgan fingerprint density at radius 2 is 1.81 bits per heavy atom. The van der Waals surface area contributed by atoms with Crippen LogP contribution in [-0.4, -0.2) is 72.3 Å². The molecule has 1 aromatic heterocycles. The zero-order valence-corrected chi connectivity index (χ0v) is 15.3. The summed E-state index contributed by atoms with van der Waals surface area (Å²) in [6.45, 7) is 10.0. The summed E-state index contributed by atoms with van der Waals surface area (Å²) in [5.41, 5.74) is 2.73. The summed E-state index contributed by atoms with van der Waals surface area (Å²) in [5, 5.41) is 3.79. The molecule has 1 fully saturated rings. The van der Waals surface area contributed by atoms with Crippen molar-refractivity contribution >= 4 is 22.6 Å². The highest BCUT2D eigenvalue weighted by Gasteiger charge is 2.23. The highest BCUT2D eigenvalue weighted by atomic mass is 16.2. The molecule has 0 saturated carbocycles. The van der Waals surface area contributed by atoms with E-state index >= 15 is 0 Å². The van der Waals surface area contributed by atoms with Crippen molar-refractivity contribution in [3.8, 4) is 0 Å². The Morgan fingerprint density at radius 3 is 2.50 bits per heavy atom. The smallest absolute Gasteiger partial charge is 0.234 e. The van der Waals surface area contributed by atoms with Crippen molar-refractivity contribution in [2.45, 2.75) is 6.92 Å². The minimum Gasteiger partial charge on any atom is -0.358 e. The van der Waals surface area contributed by atoms with Gasteiger partial charge < -0.3 is 10.3 Å². The first-order chi connectivity index (χ1) is 12.6. The number of Topliss-reactive ketones (excluding diaryl/α,β-unsaturated/α-hetero) is 1. The van der Waals surface area contributed by atoms with Gasteiger partial charge in [-0.1, -0.05) is 24.3 Å². The minimum absolute atomic E-state index is 0.0174. The zero-order chi connectivity index (χ0) is 18.5. The number of hydrogen-bond acceptors (Lipinski definition) is 4. The van der Waals surface area contributed by atoms with Gasteiger partial charge in [-0.25, -0.2) is 0 Å². The van der Waals surface area contributed by atoms with Crippen LogP contribution in [0.5, 0.6) is 0 Å². The number of aromatic amines is 1. The Hall–Kier alpha value is -2.44. The second kappa shape index (κ2) is 8.29. The number of benzene rings is 1. The number of fused-ring (bicyclic) bond motifs is 1. The van der Waals surface area contributed by atoms with Crippen LogP contribution in [0.2, 0.25) is 0 Å². The molecular formula is C20H26N4O2. The minimum atomic E-state index is 0.0174. The van der Waals surface area contributed by atoms with Crippen LogP contribution >= 0.6 is 0 Å². The van der Waals surface area contributed by atoms with Crippen LogP contribution < -0.4 is 5.32 Å². The van der Waals surface area contributed by atoms with Crippen LogP contribution in [0.25, 0.3) is 10.9 Å². The van der Waals surface area contributed by atoms with E-state index in [9.17, 15) is 9.59 Å². The Bertz CT molecular complexity index is 803. The summed E-state index contributed by atoms with van der Waals surface area (Å²) in [5.74, 6) is 0.168. The van der Waals surface area contributed by atoms with E-state index in [4.69, 9.17) is 0 Å². The van der Waals surface area contributed by atoms with E-state index in [2.05, 4.69) is 26.7 Å². The first-order valence-corrected chi connectivity index (χ1v) is 9.01. The van der Waals surface area contributed by atoms with E-state index in [1.165, 1.54) is 0 Å². The highest BCUT2D eigenvalue weighted by Crippen LogP contribution is 2.22. The average molecular weight is 354 g/mol. The Morgan fingerprint density at radius 1 is 1.15 bits per heavy atom. The molecule has 138 valence electrons. The molecule has 0 atom stereocenters. The number of H-pyrrole nitrogens is 1. The molecule has 2 heterocycles. The van der Waals surface area contributed by atoms with Crippen LogP contribution in [-0.2, 0) is 4.79 Å². The number of nitrogens with zero attached hydrogens (tertiary/aromatic N) is 2. The van der Waals surface area contributed by atoms with Gasteiger partial charge >= 0.3 is 0 Å². The van der Waals surface area contributed by atoms with E-state index in [1.54, 1.807) is 6.08 Å². The van der Waals surface area contributed by atoms with Crippen molar-refractivity contribution in [1.29, 1.82) is 0 Å². The number of rotatable bonds is 7. The van der Waals surface area contributed by atoms with Gasteiger partial charge in [0.05, 0.1) is 13.1 Å². The number of para-hydroxylation sites is 1. The summed E-state index contributed by atoms with van der Waals surface area (Å²) in [6, 6.07) is 7.92. The molecule has 0 spiro atoms. The Kier molecular flexibility index (Phi) is 5.85. The molecule has 6 nitrogen and oxygen atoms in total. The molecule has 1 aliphatic heterocycles. The van der Waals surface area contributed by atoms with Gasteiger partial charge in [-0.05, 0) is 13.0 Å². The molecule has 1 amide bonds. The normalized spacial score (nSPS) is 15.9. The molecule has 6 heteroatoms. The molecular weight excluding hydrogens is 328 g/mol. The van der Waals surface area contributed by atoms with Crippen LogP contribution in [0, 0.1) is 6.92 Å². The second-order valence-corrected chi connectivity index (χ2v) is 6.74. The molecule has 1 aromatic carbocycles. The maximum absolute atomic E-state index is 12.8. The fourth-order valence-corrected chi connectivity index (χ4v) is 3.47. The maximum Gasteiger partial charge on any atom is 0.234 e. The molecule has 0 unspecified atom stereocenters. The van der Waals surface area contributed by atoms with Crippen molar-refractivity contribution in [1.82, 2.24) is 20.1 Å². The number of nitrogens with one attached hydrogen (secondary N) is 2. The van der Waals surface area contributed by atoms with Gasteiger partial charge in [0.1, 0.15) is 0 Å². The first kappa shape index (κ1) is 18.4. The topological polar surface area (TPSA) is 68.4 Å². The van der Waals surface area contributed by atoms with Gasteiger partial charge in [-0.3, -0.25) is 19.4 Å². The summed E-state index contributed by atoms with van der Waals surface area (Å²) in [7, 11) is 0. The van der Waals surface area contributed by atoms with Crippen LogP contribution in [0.15, 0.2) is 36.9 Å². The van der Waals surface area contributed by atoms with Crippen molar-refractivity contribution in [2.24, 2.45) is 0 Å². The average Bonchev–Trinajstić information content (AvgIpc) is 2.97. The summed E-state index contributed by atoms with van der Waals surface area (Å²) >= 11 is 0. The molecule has 2 aromatic rings. The number of aryl methyl sites for hydroxylation is 1. The largest absolute Gasteiger partial charge is 0.358 e. The van der Waals surface area contributed by atoms with Crippen LogP contribution in [0.3, 0.4) is 0 Å². The van der Waals surface area contributed by atoms with Crippen molar-refractivity contribution < 1.29 is 9.59 Å². The van der Waals surface area contributed by atoms with Gasteiger partial charge in [0.2, 0.25) is 5.91 Å². The lowest BCUT2D eigenvalue weighted by Gasteiger charge is -2.33. The lowest BCUT2D eigenvalue weighted by Crippen LogP contribution is -2.50. The fourth-order valence-electron chi connectivity index (χ4n) is 3.47. The molecule has 1 aliphatic rings. The number of carbonyl (C=O) groups excluding carboxylic acids is 2. The molecule has 0 aliphatic carbocycles. The van der Waals surface area contributed by atoms with Crippen molar-refractivity contribution in [3.63, 3.8) is 0 Å². The number of piperazine rings is 1. The molecule has 0 radical (unpaired) electrons. The number of carbonyl (C=O) groups is 2. The van der Waals surface area contributed by atoms with Gasteiger partial charge in [0.25, 0.3) is 0 Å². The predicted octanol–water partition coefficient (Wildman–Crippen LogP) is 1.58. The number of ketones is 1. The Labute approximate surface area is 153 Å². The molecule has 2 N–H and O–H groups in total. The molecule has 26 heavy (non-hydrogen) atoms. The second-order valence-electron chi connectivity index (χ2n) is 6.74. The van der Waals surface area contributed by atoms with Gasteiger partial charge in [0, 0.05) is 54.9 Å². The molecule has 1 saturated heterocycles. The summed E-state index contributed by atoms with van der Waals surface area (Å²) in [6.07, 6.45) is 1.67. The van der Waals surface area contributed by atoms with Gasteiger partial charge in [-0.15, -0.1) is 6.58 Å². The number of aromatic nitrogens is 1. The highest BCUT2D eigenvalue weighted by molar-refractivity contribution is 6.10. The van der Waals surface area contributed by atoms with Gasteiger partial charge in [0.15, 0.2) is 5.78 Å². The Balaban J connectivity index is 1.54. The van der Waals surface area contributed by atoms with Crippen LogP contribution in [0.1, 0.15) is 16.1 Å². The third-order valence-corrected chi connectivity index (χ3v) is 4.82. The van der Waals surface area contributed by atoms with Crippen molar-refractivity contribution in [3.05, 3.63) is 48.2 Å². The third kappa shape index (κ3) is 4.20. The van der Waals surface area contributed by atoms with E-state index in [0.29, 0.717) is 19.6 Å². The zero-order valence-electron chi connectivity index (χ0n) is 15.3. The van der Waals surface area contributed by atoms with E-state index in [0.717, 1.165) is 48.3 Å². The fraction of sp³-hybridized carbons (Fsp3) is 0.400. The van der Waals surface area contributed by atoms with Crippen molar-refractivity contribution in [2.75, 3.05) is 45.8 Å². The first-order valence-electron chi connectivity index (χ1n) is 9.01. The van der Waals surface area contributed by atoms with Gasteiger partial charge in [-0.2, -0.15) is 0 Å². The lowest BCUT2D eigenvalue weighted by molar-refractivity contribution is -0.122. The van der Waals surface area contributed by atoms with E-state index in [1.807, 2.05) is 31.2 Å². The molecule has 0 bridgehead atoms. The molecule has 3 rings (SSSR count). The number of hydrogen-bond donors (Lipinski definition) is 2. The maximum atomic E-state index is 12.8. The monoisotopic (exact) mass is 354 g/mol. The third-order valence-electron chi connectivity index (χ3n) is 4.82. The number of amides is 1. The summed E-state index contributed by atoms with van der Waals surface area (Å²) in [4.78, 5) is 32.2.